The van der Waals surface area contributed by atoms with Crippen molar-refractivity contribution in [2.75, 3.05) is 0 Å². The Balaban J connectivity index is 1.14. The third-order valence-electron chi connectivity index (χ3n) is 11.1. The Morgan fingerprint density at radius 2 is 0.911 bits per heavy atom. The second kappa shape index (κ2) is 12.2. The lowest BCUT2D eigenvalue weighted by Crippen LogP contribution is -2.00. The Bertz CT molecular complexity index is 3510. The summed E-state index contributed by atoms with van der Waals surface area (Å²) in [6.07, 6.45) is 0. The molecule has 0 radical (unpaired) electrons. The lowest BCUT2D eigenvalue weighted by molar-refractivity contribution is 0.669. The predicted molar refractivity (Wildman–Crippen MR) is 234 cm³/mol. The normalized spacial score (nSPS) is 11.9. The average Bonchev–Trinajstić information content (AvgIpc) is 3.85. The van der Waals surface area contributed by atoms with E-state index >= 15 is 0 Å². The molecule has 0 amide bonds. The summed E-state index contributed by atoms with van der Waals surface area (Å²) in [6, 6.07) is 62.2. The average molecular weight is 732 g/mol. The van der Waals surface area contributed by atoms with Gasteiger partial charge in [-0.05, 0) is 79.8 Å². The number of fused-ring (bicyclic) bond motifs is 12. The highest BCUT2D eigenvalue weighted by molar-refractivity contribution is 7.26. The zero-order valence-corrected chi connectivity index (χ0v) is 30.7. The van der Waals surface area contributed by atoms with Crippen LogP contribution in [0, 0.1) is 0 Å². The van der Waals surface area contributed by atoms with Crippen molar-refractivity contribution in [2.24, 2.45) is 0 Å². The number of para-hydroxylation sites is 1. The van der Waals surface area contributed by atoms with Crippen LogP contribution in [0.2, 0.25) is 0 Å². The smallest absolute Gasteiger partial charge is 0.164 e. The van der Waals surface area contributed by atoms with Gasteiger partial charge in [-0.2, -0.15) is 0 Å². The topological polar surface area (TPSA) is 51.8 Å². The van der Waals surface area contributed by atoms with Gasteiger partial charge in [0.25, 0.3) is 0 Å². The Kier molecular flexibility index (Phi) is 6.76. The molecule has 9 aromatic carbocycles. The van der Waals surface area contributed by atoms with Crippen molar-refractivity contribution >= 4 is 85.8 Å². The molecule has 0 saturated heterocycles. The molecule has 0 atom stereocenters. The van der Waals surface area contributed by atoms with E-state index in [-0.39, 0.29) is 0 Å². The summed E-state index contributed by atoms with van der Waals surface area (Å²) >= 11 is 1.81. The molecule has 0 spiro atoms. The third kappa shape index (κ3) is 4.75. The Hall–Kier alpha value is -7.21. The van der Waals surface area contributed by atoms with Gasteiger partial charge in [0, 0.05) is 47.6 Å². The number of rotatable bonds is 4. The summed E-state index contributed by atoms with van der Waals surface area (Å²) in [4.78, 5) is 15.6. The van der Waals surface area contributed by atoms with Crippen molar-refractivity contribution in [2.45, 2.75) is 0 Å². The highest BCUT2D eigenvalue weighted by Crippen LogP contribution is 2.45. The second-order valence-corrected chi connectivity index (χ2v) is 15.4. The molecule has 0 bridgehead atoms. The maximum absolute atomic E-state index is 6.30. The van der Waals surface area contributed by atoms with Gasteiger partial charge in [-0.15, -0.1) is 11.3 Å². The van der Waals surface area contributed by atoms with Crippen LogP contribution in [0.4, 0.5) is 0 Å². The van der Waals surface area contributed by atoms with E-state index in [4.69, 9.17) is 19.4 Å². The Morgan fingerprint density at radius 3 is 1.68 bits per heavy atom. The minimum atomic E-state index is 0.605. The van der Waals surface area contributed by atoms with Gasteiger partial charge in [-0.3, -0.25) is 0 Å². The van der Waals surface area contributed by atoms with Crippen molar-refractivity contribution in [3.8, 4) is 45.3 Å². The van der Waals surface area contributed by atoms with Crippen LogP contribution in [0.15, 0.2) is 180 Å². The van der Waals surface area contributed by atoms with Gasteiger partial charge < -0.3 is 4.42 Å². The Morgan fingerprint density at radius 1 is 0.321 bits per heavy atom. The molecule has 0 aliphatic carbocycles. The fourth-order valence-corrected chi connectivity index (χ4v) is 9.76. The standard InChI is InChI=1S/C51H29N3OS/c1-2-13-30(14-3-1)49-52-50(54-51(53-49)40-21-12-23-44-47(40)38-19-8-10-22-43(38)55-44)32-28-41(48-39-20-9-11-24-45(39)56-46(48)29-32)31-25-26-37-35-17-5-4-15-33(35)34-16-6-7-18-36(34)42(37)27-31/h1-29H. The van der Waals surface area contributed by atoms with Crippen LogP contribution >= 0.6 is 11.3 Å². The van der Waals surface area contributed by atoms with Gasteiger partial charge in [0.1, 0.15) is 11.2 Å². The van der Waals surface area contributed by atoms with Crippen LogP contribution in [0.1, 0.15) is 0 Å². The molecule has 0 N–H and O–H groups in total. The maximum atomic E-state index is 6.30. The quantitative estimate of drug-likeness (QED) is 0.169. The second-order valence-electron chi connectivity index (χ2n) is 14.3. The fourth-order valence-electron chi connectivity index (χ4n) is 8.59. The summed E-state index contributed by atoms with van der Waals surface area (Å²) in [6.45, 7) is 0. The third-order valence-corrected chi connectivity index (χ3v) is 12.2. The van der Waals surface area contributed by atoms with Gasteiger partial charge >= 0.3 is 0 Å². The minimum Gasteiger partial charge on any atom is -0.456 e. The minimum absolute atomic E-state index is 0.605. The van der Waals surface area contributed by atoms with E-state index < -0.39 is 0 Å². The molecular weight excluding hydrogens is 703 g/mol. The lowest BCUT2D eigenvalue weighted by atomic mass is 9.90. The number of thiophene rings is 1. The molecule has 56 heavy (non-hydrogen) atoms. The molecule has 0 unspecified atom stereocenters. The van der Waals surface area contributed by atoms with Crippen LogP contribution in [0.25, 0.3) is 120 Å². The van der Waals surface area contributed by atoms with E-state index in [9.17, 15) is 0 Å². The van der Waals surface area contributed by atoms with E-state index in [0.717, 1.165) is 49.8 Å². The van der Waals surface area contributed by atoms with Crippen molar-refractivity contribution in [3.05, 3.63) is 176 Å². The molecule has 3 heterocycles. The number of hydrogen-bond donors (Lipinski definition) is 0. The molecule has 0 fully saturated rings. The van der Waals surface area contributed by atoms with Gasteiger partial charge in [0.2, 0.25) is 0 Å². The molecule has 0 saturated carbocycles. The highest BCUT2D eigenvalue weighted by Gasteiger charge is 2.20. The molecule has 260 valence electrons. The fraction of sp³-hybridized carbons (Fsp3) is 0. The van der Waals surface area contributed by atoms with Crippen molar-refractivity contribution in [1.29, 1.82) is 0 Å². The molecule has 12 rings (SSSR count). The molecule has 5 heteroatoms. The first-order valence-corrected chi connectivity index (χ1v) is 19.6. The molecular formula is C51H29N3OS. The first kappa shape index (κ1) is 31.2. The molecule has 3 aromatic heterocycles. The van der Waals surface area contributed by atoms with E-state index in [1.54, 1.807) is 0 Å². The Labute approximate surface area is 325 Å². The van der Waals surface area contributed by atoms with Crippen LogP contribution in [0.3, 0.4) is 0 Å². The van der Waals surface area contributed by atoms with E-state index in [1.165, 1.54) is 52.5 Å². The number of furan rings is 1. The van der Waals surface area contributed by atoms with E-state index in [0.29, 0.717) is 17.5 Å². The first-order valence-electron chi connectivity index (χ1n) is 18.8. The maximum Gasteiger partial charge on any atom is 0.164 e. The van der Waals surface area contributed by atoms with Crippen molar-refractivity contribution < 1.29 is 4.42 Å². The number of aromatic nitrogens is 3. The van der Waals surface area contributed by atoms with Crippen molar-refractivity contribution in [1.82, 2.24) is 15.0 Å². The van der Waals surface area contributed by atoms with Crippen LogP contribution < -0.4 is 0 Å². The van der Waals surface area contributed by atoms with E-state index in [2.05, 4.69) is 127 Å². The van der Waals surface area contributed by atoms with Gasteiger partial charge in [0.15, 0.2) is 17.5 Å². The van der Waals surface area contributed by atoms with Crippen molar-refractivity contribution in [3.63, 3.8) is 0 Å². The summed E-state index contributed by atoms with van der Waals surface area (Å²) in [5.41, 5.74) is 6.72. The number of benzene rings is 9. The van der Waals surface area contributed by atoms with Gasteiger partial charge in [-0.25, -0.2) is 15.0 Å². The number of hydrogen-bond acceptors (Lipinski definition) is 5. The molecule has 0 aliphatic rings. The van der Waals surface area contributed by atoms with Gasteiger partial charge in [0.05, 0.1) is 0 Å². The highest BCUT2D eigenvalue weighted by atomic mass is 32.1. The molecule has 4 nitrogen and oxygen atoms in total. The molecule has 0 aliphatic heterocycles. The van der Waals surface area contributed by atoms with Crippen LogP contribution in [-0.4, -0.2) is 15.0 Å². The van der Waals surface area contributed by atoms with Gasteiger partial charge in [-0.1, -0.05) is 140 Å². The summed E-state index contributed by atoms with van der Waals surface area (Å²) in [5, 5.41) is 12.1. The summed E-state index contributed by atoms with van der Waals surface area (Å²) in [5.74, 6) is 1.85. The summed E-state index contributed by atoms with van der Waals surface area (Å²) in [7, 11) is 0. The monoisotopic (exact) mass is 731 g/mol. The van der Waals surface area contributed by atoms with E-state index in [1.807, 2.05) is 59.9 Å². The lowest BCUT2D eigenvalue weighted by Gasteiger charge is -2.14. The number of nitrogens with zero attached hydrogens (tertiary/aromatic N) is 3. The van der Waals surface area contributed by atoms with Crippen LogP contribution in [-0.2, 0) is 0 Å². The van der Waals surface area contributed by atoms with Crippen LogP contribution in [0.5, 0.6) is 0 Å². The zero-order chi connectivity index (χ0) is 36.7. The molecule has 12 aromatic rings. The summed E-state index contributed by atoms with van der Waals surface area (Å²) < 4.78 is 8.73. The largest absolute Gasteiger partial charge is 0.456 e. The SMILES string of the molecule is c1ccc(-c2nc(-c3cc(-c4ccc5c6ccccc6c6ccccc6c5c4)c4c(c3)sc3ccccc34)nc(-c3cccc4oc5ccccc5c34)n2)cc1. The zero-order valence-electron chi connectivity index (χ0n) is 29.9. The first-order chi connectivity index (χ1) is 27.7. The predicted octanol–water partition coefficient (Wildman–Crippen LogP) is 14.3.